The minimum atomic E-state index is -3.11. The molecule has 1 heterocycles. The van der Waals surface area contributed by atoms with Gasteiger partial charge >= 0.3 is 0 Å². The smallest absolute Gasteiger partial charge is 0.289 e. The van der Waals surface area contributed by atoms with E-state index in [1.807, 2.05) is 0 Å². The van der Waals surface area contributed by atoms with Crippen molar-refractivity contribution in [3.63, 3.8) is 0 Å². The van der Waals surface area contributed by atoms with Gasteiger partial charge in [0.15, 0.2) is 0 Å². The largest absolute Gasteiger partial charge is 0.390 e. The number of halogens is 3. The molecule has 0 aliphatic carbocycles. The number of hydrogen-bond acceptors (Lipinski definition) is 2. The lowest BCUT2D eigenvalue weighted by Gasteiger charge is -2.12. The number of nitrogens with zero attached hydrogens (tertiary/aromatic N) is 2. The van der Waals surface area contributed by atoms with Gasteiger partial charge in [-0.3, -0.25) is 4.68 Å². The van der Waals surface area contributed by atoms with Crippen LogP contribution in [0.5, 0.6) is 0 Å². The van der Waals surface area contributed by atoms with Crippen LogP contribution in [0.4, 0.5) is 8.78 Å². The summed E-state index contributed by atoms with van der Waals surface area (Å²) in [5.74, 6) is -3.11. The fourth-order valence-electron chi connectivity index (χ4n) is 0.712. The van der Waals surface area contributed by atoms with E-state index in [1.54, 1.807) is 0 Å². The third kappa shape index (κ3) is 2.53. The first-order chi connectivity index (χ1) is 5.53. The number of aromatic nitrogens is 2. The van der Waals surface area contributed by atoms with Crippen LogP contribution in [0.1, 0.15) is 0 Å². The lowest BCUT2D eigenvalue weighted by Crippen LogP contribution is -2.28. The van der Waals surface area contributed by atoms with Crippen molar-refractivity contribution in [2.75, 3.05) is 6.61 Å². The number of aliphatic hydroxyl groups is 1. The third-order valence-electron chi connectivity index (χ3n) is 1.23. The van der Waals surface area contributed by atoms with Crippen molar-refractivity contribution in [3.05, 3.63) is 16.9 Å². The van der Waals surface area contributed by atoms with E-state index >= 15 is 0 Å². The molecule has 0 unspecified atom stereocenters. The minimum Gasteiger partial charge on any atom is -0.390 e. The fraction of sp³-hybridized carbons (Fsp3) is 0.500. The Bertz CT molecular complexity index is 264. The summed E-state index contributed by atoms with van der Waals surface area (Å²) in [5, 5.41) is 11.9. The average Bonchev–Trinajstić information content (AvgIpc) is 2.35. The molecular weight excluding hydrogens is 234 g/mol. The van der Waals surface area contributed by atoms with Crippen molar-refractivity contribution in [1.29, 1.82) is 0 Å². The van der Waals surface area contributed by atoms with Crippen LogP contribution >= 0.6 is 15.9 Å². The van der Waals surface area contributed by atoms with Crippen LogP contribution in [0, 0.1) is 0 Å². The van der Waals surface area contributed by atoms with Gasteiger partial charge in [-0.25, -0.2) is 8.78 Å². The normalized spacial score (nSPS) is 12.0. The molecule has 0 amide bonds. The summed E-state index contributed by atoms with van der Waals surface area (Å²) in [6.07, 6.45) is 2.83. The predicted octanol–water partition coefficient (Wildman–Crippen LogP) is 1.27. The number of hydrogen-bond donors (Lipinski definition) is 1. The molecule has 0 spiro atoms. The number of aliphatic hydroxyl groups excluding tert-OH is 1. The molecular formula is C6H7BrF2N2O. The zero-order valence-electron chi connectivity index (χ0n) is 6.04. The van der Waals surface area contributed by atoms with Crippen LogP contribution in [0.15, 0.2) is 16.9 Å². The summed E-state index contributed by atoms with van der Waals surface area (Å²) in [6.45, 7) is -1.76. The maximum absolute atomic E-state index is 12.5. The fourth-order valence-corrected chi connectivity index (χ4v) is 1.04. The maximum Gasteiger partial charge on any atom is 0.289 e. The van der Waals surface area contributed by atoms with Gasteiger partial charge in [0.1, 0.15) is 13.2 Å². The van der Waals surface area contributed by atoms with Crippen LogP contribution in [-0.2, 0) is 6.54 Å². The summed E-state index contributed by atoms with van der Waals surface area (Å²) in [4.78, 5) is 0. The summed E-state index contributed by atoms with van der Waals surface area (Å²) in [6, 6.07) is 0. The quantitative estimate of drug-likeness (QED) is 0.865. The van der Waals surface area contributed by atoms with Crippen LogP contribution < -0.4 is 0 Å². The molecule has 0 aliphatic rings. The molecule has 0 atom stereocenters. The van der Waals surface area contributed by atoms with Crippen molar-refractivity contribution < 1.29 is 13.9 Å². The van der Waals surface area contributed by atoms with E-state index < -0.39 is 19.1 Å². The maximum atomic E-state index is 12.5. The highest BCUT2D eigenvalue weighted by molar-refractivity contribution is 9.10. The summed E-state index contributed by atoms with van der Waals surface area (Å²) >= 11 is 3.07. The molecule has 0 aliphatic heterocycles. The Morgan fingerprint density at radius 1 is 1.67 bits per heavy atom. The van der Waals surface area contributed by atoms with Gasteiger partial charge in [0.2, 0.25) is 0 Å². The molecule has 6 heteroatoms. The van der Waals surface area contributed by atoms with Gasteiger partial charge in [-0.15, -0.1) is 0 Å². The molecule has 3 nitrogen and oxygen atoms in total. The van der Waals surface area contributed by atoms with Crippen LogP contribution in [0.25, 0.3) is 0 Å². The van der Waals surface area contributed by atoms with Crippen molar-refractivity contribution in [2.24, 2.45) is 0 Å². The second kappa shape index (κ2) is 3.49. The van der Waals surface area contributed by atoms with E-state index in [9.17, 15) is 8.78 Å². The first kappa shape index (κ1) is 9.60. The predicted molar refractivity (Wildman–Crippen MR) is 42.0 cm³/mol. The summed E-state index contributed by atoms with van der Waals surface area (Å²) in [5.41, 5.74) is 0. The SMILES string of the molecule is OCC(F)(F)Cn1cc(Br)cn1. The highest BCUT2D eigenvalue weighted by Gasteiger charge is 2.28. The monoisotopic (exact) mass is 240 g/mol. The molecule has 0 fully saturated rings. The topological polar surface area (TPSA) is 38.0 Å². The van der Waals surface area contributed by atoms with Gasteiger partial charge in [-0.1, -0.05) is 0 Å². The molecule has 0 saturated carbocycles. The number of rotatable bonds is 3. The summed E-state index contributed by atoms with van der Waals surface area (Å²) < 4.78 is 26.7. The number of alkyl halides is 2. The van der Waals surface area contributed by atoms with E-state index in [-0.39, 0.29) is 0 Å². The van der Waals surface area contributed by atoms with Gasteiger partial charge in [-0.05, 0) is 15.9 Å². The van der Waals surface area contributed by atoms with Gasteiger partial charge in [0.05, 0.1) is 10.7 Å². The molecule has 1 aromatic heterocycles. The van der Waals surface area contributed by atoms with Gasteiger partial charge in [0.25, 0.3) is 5.92 Å². The lowest BCUT2D eigenvalue weighted by atomic mass is 10.4. The molecule has 0 aromatic carbocycles. The van der Waals surface area contributed by atoms with E-state index in [1.165, 1.54) is 12.4 Å². The molecule has 1 N–H and O–H groups in total. The van der Waals surface area contributed by atoms with E-state index in [4.69, 9.17) is 5.11 Å². The van der Waals surface area contributed by atoms with E-state index in [0.717, 1.165) is 4.68 Å². The Labute approximate surface area is 76.1 Å². The van der Waals surface area contributed by atoms with Crippen molar-refractivity contribution in [1.82, 2.24) is 9.78 Å². The zero-order chi connectivity index (χ0) is 9.19. The molecule has 68 valence electrons. The van der Waals surface area contributed by atoms with Crippen LogP contribution in [-0.4, -0.2) is 27.4 Å². The van der Waals surface area contributed by atoms with Crippen molar-refractivity contribution in [2.45, 2.75) is 12.5 Å². The molecule has 0 bridgehead atoms. The Kier molecular flexibility index (Phi) is 2.79. The highest BCUT2D eigenvalue weighted by Crippen LogP contribution is 2.16. The van der Waals surface area contributed by atoms with Crippen LogP contribution in [0.3, 0.4) is 0 Å². The Morgan fingerprint density at radius 3 is 2.75 bits per heavy atom. The standard InChI is InChI=1S/C6H7BrF2N2O/c7-5-1-10-11(2-5)3-6(8,9)4-12/h1-2,12H,3-4H2. The Balaban J connectivity index is 2.63. The van der Waals surface area contributed by atoms with Gasteiger partial charge in [0, 0.05) is 6.20 Å². The van der Waals surface area contributed by atoms with Crippen LogP contribution in [0.2, 0.25) is 0 Å². The van der Waals surface area contributed by atoms with Gasteiger partial charge < -0.3 is 5.11 Å². The van der Waals surface area contributed by atoms with E-state index in [0.29, 0.717) is 4.47 Å². The highest BCUT2D eigenvalue weighted by atomic mass is 79.9. The molecule has 0 saturated heterocycles. The first-order valence-electron chi connectivity index (χ1n) is 3.20. The lowest BCUT2D eigenvalue weighted by molar-refractivity contribution is -0.0652. The molecule has 12 heavy (non-hydrogen) atoms. The molecule has 1 rings (SSSR count). The zero-order valence-corrected chi connectivity index (χ0v) is 7.63. The second-order valence-electron chi connectivity index (χ2n) is 2.37. The van der Waals surface area contributed by atoms with Crippen molar-refractivity contribution >= 4 is 15.9 Å². The molecule has 1 aromatic rings. The Morgan fingerprint density at radius 2 is 2.33 bits per heavy atom. The Hall–Kier alpha value is -0.490. The van der Waals surface area contributed by atoms with Gasteiger partial charge in [-0.2, -0.15) is 5.10 Å². The average molecular weight is 241 g/mol. The molecule has 0 radical (unpaired) electrons. The third-order valence-corrected chi connectivity index (χ3v) is 1.64. The second-order valence-corrected chi connectivity index (χ2v) is 3.29. The summed E-state index contributed by atoms with van der Waals surface area (Å²) in [7, 11) is 0. The van der Waals surface area contributed by atoms with E-state index in [2.05, 4.69) is 21.0 Å². The minimum absolute atomic E-state index is 0.602. The first-order valence-corrected chi connectivity index (χ1v) is 3.99. The van der Waals surface area contributed by atoms with Crippen molar-refractivity contribution in [3.8, 4) is 0 Å².